The Labute approximate surface area is 182 Å². The molecule has 31 heavy (non-hydrogen) atoms. The van der Waals surface area contributed by atoms with Crippen molar-refractivity contribution in [2.24, 2.45) is 0 Å². The van der Waals surface area contributed by atoms with Crippen LogP contribution in [0.1, 0.15) is 18.5 Å². The van der Waals surface area contributed by atoms with Gasteiger partial charge in [-0.3, -0.25) is 4.98 Å². The summed E-state index contributed by atoms with van der Waals surface area (Å²) >= 11 is 0. The molecule has 2 aliphatic heterocycles. The van der Waals surface area contributed by atoms with Gasteiger partial charge in [0.2, 0.25) is 5.88 Å². The first-order valence-corrected chi connectivity index (χ1v) is 10.7. The normalized spacial score (nSPS) is 16.5. The average Bonchev–Trinajstić information content (AvgIpc) is 3.35. The number of likely N-dealkylation sites (tertiary alicyclic amines) is 1. The summed E-state index contributed by atoms with van der Waals surface area (Å²) in [6.45, 7) is 6.39. The van der Waals surface area contributed by atoms with Crippen LogP contribution in [0.15, 0.2) is 24.5 Å². The topological polar surface area (TPSA) is 100 Å². The van der Waals surface area contributed by atoms with E-state index in [1.54, 1.807) is 12.4 Å². The number of carbonyl (C=O) groups excluding carboxylic acids is 1. The van der Waals surface area contributed by atoms with Crippen molar-refractivity contribution in [3.8, 4) is 17.0 Å². The van der Waals surface area contributed by atoms with E-state index in [1.807, 2.05) is 24.0 Å². The Hall–Kier alpha value is -2.91. The quantitative estimate of drug-likeness (QED) is 0.730. The van der Waals surface area contributed by atoms with Gasteiger partial charge in [-0.15, -0.1) is 0 Å². The Morgan fingerprint density at radius 2 is 1.94 bits per heavy atom. The fourth-order valence-corrected chi connectivity index (χ4v) is 3.89. The van der Waals surface area contributed by atoms with Gasteiger partial charge in [-0.1, -0.05) is 0 Å². The molecule has 2 saturated heterocycles. The number of rotatable bonds is 6. The van der Waals surface area contributed by atoms with Gasteiger partial charge in [0.15, 0.2) is 0 Å². The molecule has 2 N–H and O–H groups in total. The molecule has 0 spiro atoms. The lowest BCUT2D eigenvalue weighted by atomic mass is 10.0. The number of urea groups is 1. The van der Waals surface area contributed by atoms with Gasteiger partial charge in [-0.25, -0.2) is 9.78 Å². The predicted octanol–water partition coefficient (Wildman–Crippen LogP) is 2.29. The summed E-state index contributed by atoms with van der Waals surface area (Å²) in [6, 6.07) is 3.88. The summed E-state index contributed by atoms with van der Waals surface area (Å²) < 4.78 is 11.1. The molecule has 4 rings (SSSR count). The lowest BCUT2D eigenvalue weighted by Crippen LogP contribution is -2.36. The van der Waals surface area contributed by atoms with Crippen LogP contribution in [0.2, 0.25) is 0 Å². The molecule has 2 aromatic heterocycles. The average molecular weight is 428 g/mol. The van der Waals surface area contributed by atoms with E-state index in [1.165, 1.54) is 0 Å². The van der Waals surface area contributed by atoms with Crippen LogP contribution in [0, 0.1) is 6.92 Å². The van der Waals surface area contributed by atoms with E-state index in [2.05, 4.69) is 20.2 Å². The minimum Gasteiger partial charge on any atom is -0.474 e. The zero-order chi connectivity index (χ0) is 21.6. The number of hydrogen-bond acceptors (Lipinski definition) is 7. The highest BCUT2D eigenvalue weighted by Crippen LogP contribution is 2.33. The molecule has 9 nitrogen and oxygen atoms in total. The maximum Gasteiger partial charge on any atom is 0.321 e. The molecule has 9 heteroatoms. The number of aromatic nitrogens is 2. The zero-order valence-electron chi connectivity index (χ0n) is 17.8. The van der Waals surface area contributed by atoms with Crippen molar-refractivity contribution in [2.45, 2.75) is 19.8 Å². The van der Waals surface area contributed by atoms with E-state index >= 15 is 0 Å². The molecule has 0 radical (unpaired) electrons. The van der Waals surface area contributed by atoms with Crippen molar-refractivity contribution in [1.29, 1.82) is 0 Å². The minimum absolute atomic E-state index is 0.0756. The van der Waals surface area contributed by atoms with E-state index in [0.717, 1.165) is 61.5 Å². The van der Waals surface area contributed by atoms with E-state index in [4.69, 9.17) is 14.6 Å². The van der Waals surface area contributed by atoms with Crippen molar-refractivity contribution < 1.29 is 19.4 Å². The fraction of sp³-hybridized carbons (Fsp3) is 0.500. The molecule has 0 bridgehead atoms. The molecule has 0 unspecified atom stereocenters. The van der Waals surface area contributed by atoms with Crippen LogP contribution in [-0.4, -0.2) is 78.6 Å². The van der Waals surface area contributed by atoms with E-state index in [9.17, 15) is 4.79 Å². The number of amides is 2. The zero-order valence-corrected chi connectivity index (χ0v) is 17.8. The molecule has 4 heterocycles. The number of aliphatic hydroxyl groups is 1. The van der Waals surface area contributed by atoms with Crippen molar-refractivity contribution in [3.05, 3.63) is 30.2 Å². The molecule has 2 amide bonds. The second-order valence-electron chi connectivity index (χ2n) is 7.70. The smallest absolute Gasteiger partial charge is 0.321 e. The van der Waals surface area contributed by atoms with Gasteiger partial charge in [-0.05, 0) is 31.9 Å². The lowest BCUT2D eigenvalue weighted by Gasteiger charge is -2.30. The minimum atomic E-state index is -0.0889. The number of nitrogens with zero attached hydrogens (tertiary/aromatic N) is 4. The predicted molar refractivity (Wildman–Crippen MR) is 118 cm³/mol. The van der Waals surface area contributed by atoms with E-state index < -0.39 is 0 Å². The second-order valence-corrected chi connectivity index (χ2v) is 7.70. The fourth-order valence-electron chi connectivity index (χ4n) is 3.89. The molecule has 2 fully saturated rings. The summed E-state index contributed by atoms with van der Waals surface area (Å²) in [5.41, 5.74) is 4.15. The highest BCUT2D eigenvalue weighted by atomic mass is 16.5. The Kier molecular flexibility index (Phi) is 6.83. The van der Waals surface area contributed by atoms with Crippen LogP contribution >= 0.6 is 0 Å². The van der Waals surface area contributed by atoms with Crippen LogP contribution in [0.25, 0.3) is 11.1 Å². The summed E-state index contributed by atoms with van der Waals surface area (Å²) in [4.78, 5) is 25.5. The van der Waals surface area contributed by atoms with Gasteiger partial charge in [0.25, 0.3) is 0 Å². The number of aryl methyl sites for hydroxylation is 1. The Balaban J connectivity index is 1.62. The molecular weight excluding hydrogens is 398 g/mol. The summed E-state index contributed by atoms with van der Waals surface area (Å²) in [5, 5.41) is 12.1. The number of morpholine rings is 1. The number of nitrogens with one attached hydrogen (secondary N) is 1. The number of ether oxygens (including phenoxy) is 2. The first-order chi connectivity index (χ1) is 15.2. The Morgan fingerprint density at radius 1 is 1.16 bits per heavy atom. The Morgan fingerprint density at radius 3 is 2.68 bits per heavy atom. The molecular formula is C22H29N5O4. The summed E-state index contributed by atoms with van der Waals surface area (Å²) in [7, 11) is 0. The van der Waals surface area contributed by atoms with Crippen LogP contribution in [0.4, 0.5) is 16.2 Å². The van der Waals surface area contributed by atoms with Crippen LogP contribution in [0.3, 0.4) is 0 Å². The maximum atomic E-state index is 12.5. The van der Waals surface area contributed by atoms with Gasteiger partial charge in [0.1, 0.15) is 12.3 Å². The second kappa shape index (κ2) is 9.93. The van der Waals surface area contributed by atoms with Crippen LogP contribution < -0.4 is 15.0 Å². The Bertz CT molecular complexity index is 911. The third-order valence-electron chi connectivity index (χ3n) is 5.56. The summed E-state index contributed by atoms with van der Waals surface area (Å²) in [6.07, 6.45) is 5.52. The largest absolute Gasteiger partial charge is 0.474 e. The third kappa shape index (κ3) is 5.05. The molecule has 0 atom stereocenters. The van der Waals surface area contributed by atoms with Gasteiger partial charge in [0.05, 0.1) is 31.7 Å². The maximum absolute atomic E-state index is 12.5. The van der Waals surface area contributed by atoms with Gasteiger partial charge >= 0.3 is 6.03 Å². The molecule has 2 aromatic rings. The monoisotopic (exact) mass is 427 g/mol. The van der Waals surface area contributed by atoms with Gasteiger partial charge < -0.3 is 29.7 Å². The number of hydrogen-bond donors (Lipinski definition) is 2. The highest BCUT2D eigenvalue weighted by Gasteiger charge is 2.20. The van der Waals surface area contributed by atoms with Crippen molar-refractivity contribution in [2.75, 3.05) is 62.8 Å². The molecule has 166 valence electrons. The number of pyridine rings is 2. The molecule has 0 saturated carbocycles. The van der Waals surface area contributed by atoms with Crippen molar-refractivity contribution in [3.63, 3.8) is 0 Å². The first kappa shape index (κ1) is 21.3. The van der Waals surface area contributed by atoms with E-state index in [0.29, 0.717) is 24.8 Å². The standard InChI is InChI=1S/C22H29N5O4/c1-16-19(13-18(15-23-16)25-22(29)27-4-2-3-5-27)17-12-20(26-6-9-30-10-7-26)21(24-14-17)31-11-8-28/h12-15,28H,2-11H2,1H3,(H,25,29). The van der Waals surface area contributed by atoms with Gasteiger partial charge in [-0.2, -0.15) is 0 Å². The first-order valence-electron chi connectivity index (χ1n) is 10.7. The molecule has 0 aliphatic carbocycles. The van der Waals surface area contributed by atoms with Crippen LogP contribution in [-0.2, 0) is 4.74 Å². The third-order valence-corrected chi connectivity index (χ3v) is 5.56. The SMILES string of the molecule is Cc1ncc(NC(=O)N2CCCC2)cc1-c1cnc(OCCO)c(N2CCOCC2)c1. The molecule has 2 aliphatic rings. The highest BCUT2D eigenvalue weighted by molar-refractivity contribution is 5.90. The summed E-state index contributed by atoms with van der Waals surface area (Å²) in [5.74, 6) is 0.490. The van der Waals surface area contributed by atoms with Crippen molar-refractivity contribution in [1.82, 2.24) is 14.9 Å². The number of anilines is 2. The van der Waals surface area contributed by atoms with Crippen molar-refractivity contribution >= 4 is 17.4 Å². The van der Waals surface area contributed by atoms with E-state index in [-0.39, 0.29) is 19.2 Å². The number of carbonyl (C=O) groups is 1. The number of aliphatic hydroxyl groups excluding tert-OH is 1. The lowest BCUT2D eigenvalue weighted by molar-refractivity contribution is 0.122. The van der Waals surface area contributed by atoms with Gasteiger partial charge in [0, 0.05) is 49.2 Å². The molecule has 0 aromatic carbocycles. The van der Waals surface area contributed by atoms with Crippen LogP contribution in [0.5, 0.6) is 5.88 Å².